The summed E-state index contributed by atoms with van der Waals surface area (Å²) in [6, 6.07) is 6.62. The summed E-state index contributed by atoms with van der Waals surface area (Å²) in [7, 11) is 0. The van der Waals surface area contributed by atoms with Crippen LogP contribution in [0.1, 0.15) is 5.56 Å². The molecule has 1 aromatic rings. The maximum absolute atomic E-state index is 11.8. The molecule has 0 aromatic heterocycles. The van der Waals surface area contributed by atoms with Crippen LogP contribution in [0.15, 0.2) is 36.9 Å². The molecule has 0 bridgehead atoms. The number of carboxylic acid groups (broad SMARTS) is 1. The number of aliphatic carboxylic acids is 1. The molecule has 0 saturated carbocycles. The summed E-state index contributed by atoms with van der Waals surface area (Å²) in [5.41, 5.74) is 1.59. The molecule has 5 heteroatoms. The summed E-state index contributed by atoms with van der Waals surface area (Å²) in [5, 5.41) is 11.4. The Labute approximate surface area is 106 Å². The molecule has 1 rings (SSSR count). The minimum absolute atomic E-state index is 0.292. The Morgan fingerprint density at radius 3 is 2.50 bits per heavy atom. The second-order valence-electron chi connectivity index (χ2n) is 3.79. The van der Waals surface area contributed by atoms with Gasteiger partial charge in [-0.3, -0.25) is 9.69 Å². The summed E-state index contributed by atoms with van der Waals surface area (Å²) in [5.74, 6) is -1.07. The predicted molar refractivity (Wildman–Crippen MR) is 69.8 cm³/mol. The third kappa shape index (κ3) is 3.93. The fourth-order valence-corrected chi connectivity index (χ4v) is 1.40. The topological polar surface area (TPSA) is 69.6 Å². The highest BCUT2D eigenvalue weighted by Gasteiger charge is 2.17. The minimum atomic E-state index is -1.07. The molecule has 0 aliphatic heterocycles. The third-order valence-electron chi connectivity index (χ3n) is 2.28. The maximum Gasteiger partial charge on any atom is 0.323 e. The SMILES string of the molecule is C=CCNC(=O)N(CC(=O)O)c1ccc(C)cc1. The second kappa shape index (κ2) is 6.44. The first-order valence-electron chi connectivity index (χ1n) is 5.49. The van der Waals surface area contributed by atoms with Crippen LogP contribution in [-0.4, -0.2) is 30.2 Å². The molecule has 96 valence electrons. The van der Waals surface area contributed by atoms with Gasteiger partial charge in [0.2, 0.25) is 0 Å². The number of hydrogen-bond acceptors (Lipinski definition) is 2. The van der Waals surface area contributed by atoms with Crippen molar-refractivity contribution in [1.29, 1.82) is 0 Å². The van der Waals surface area contributed by atoms with Crippen molar-refractivity contribution in [3.63, 3.8) is 0 Å². The number of benzene rings is 1. The molecule has 0 radical (unpaired) electrons. The molecule has 0 heterocycles. The van der Waals surface area contributed by atoms with Crippen LogP contribution in [0.4, 0.5) is 10.5 Å². The van der Waals surface area contributed by atoms with Gasteiger partial charge in [-0.25, -0.2) is 4.79 Å². The normalized spacial score (nSPS) is 9.61. The van der Waals surface area contributed by atoms with Crippen molar-refractivity contribution in [2.24, 2.45) is 0 Å². The summed E-state index contributed by atoms with van der Waals surface area (Å²) < 4.78 is 0. The quantitative estimate of drug-likeness (QED) is 0.780. The van der Waals surface area contributed by atoms with E-state index in [1.165, 1.54) is 11.0 Å². The van der Waals surface area contributed by atoms with Crippen molar-refractivity contribution in [2.45, 2.75) is 6.92 Å². The summed E-state index contributed by atoms with van der Waals surface area (Å²) in [4.78, 5) is 23.8. The van der Waals surface area contributed by atoms with Crippen molar-refractivity contribution >= 4 is 17.7 Å². The van der Waals surface area contributed by atoms with E-state index in [4.69, 9.17) is 5.11 Å². The fraction of sp³-hybridized carbons (Fsp3) is 0.231. The molecule has 0 aliphatic rings. The van der Waals surface area contributed by atoms with Crippen LogP contribution < -0.4 is 10.2 Å². The Morgan fingerprint density at radius 1 is 1.39 bits per heavy atom. The van der Waals surface area contributed by atoms with Gasteiger partial charge in [0, 0.05) is 12.2 Å². The number of nitrogens with one attached hydrogen (secondary N) is 1. The van der Waals surface area contributed by atoms with E-state index in [0.29, 0.717) is 12.2 Å². The number of carbonyl (C=O) groups is 2. The van der Waals surface area contributed by atoms with E-state index in [1.807, 2.05) is 19.1 Å². The van der Waals surface area contributed by atoms with Gasteiger partial charge in [0.1, 0.15) is 6.54 Å². The number of carbonyl (C=O) groups excluding carboxylic acids is 1. The van der Waals surface area contributed by atoms with Crippen LogP contribution in [-0.2, 0) is 4.79 Å². The third-order valence-corrected chi connectivity index (χ3v) is 2.28. The zero-order chi connectivity index (χ0) is 13.5. The van der Waals surface area contributed by atoms with Gasteiger partial charge in [-0.05, 0) is 19.1 Å². The van der Waals surface area contributed by atoms with E-state index in [0.717, 1.165) is 5.56 Å². The number of carboxylic acids is 1. The largest absolute Gasteiger partial charge is 0.480 e. The van der Waals surface area contributed by atoms with Crippen LogP contribution in [0.3, 0.4) is 0 Å². The molecule has 0 saturated heterocycles. The zero-order valence-electron chi connectivity index (χ0n) is 10.2. The van der Waals surface area contributed by atoms with Gasteiger partial charge in [-0.1, -0.05) is 23.8 Å². The molecule has 18 heavy (non-hydrogen) atoms. The van der Waals surface area contributed by atoms with Crippen molar-refractivity contribution in [1.82, 2.24) is 5.32 Å². The number of rotatable bonds is 5. The molecule has 0 aliphatic carbocycles. The molecule has 5 nitrogen and oxygen atoms in total. The molecule has 2 amide bonds. The highest BCUT2D eigenvalue weighted by atomic mass is 16.4. The van der Waals surface area contributed by atoms with Crippen molar-refractivity contribution in [3.8, 4) is 0 Å². The molecule has 0 unspecified atom stereocenters. The van der Waals surface area contributed by atoms with Crippen LogP contribution in [0.25, 0.3) is 0 Å². The lowest BCUT2D eigenvalue weighted by Crippen LogP contribution is -2.43. The zero-order valence-corrected chi connectivity index (χ0v) is 10.2. The van der Waals surface area contributed by atoms with Gasteiger partial charge in [-0.15, -0.1) is 6.58 Å². The van der Waals surface area contributed by atoms with E-state index in [9.17, 15) is 9.59 Å². The standard InChI is InChI=1S/C13H16N2O3/c1-3-8-14-13(18)15(9-12(16)17)11-6-4-10(2)5-7-11/h3-7H,1,8-9H2,2H3,(H,14,18)(H,16,17). The summed E-state index contributed by atoms with van der Waals surface area (Å²) in [6.45, 7) is 5.32. The smallest absolute Gasteiger partial charge is 0.323 e. The van der Waals surface area contributed by atoms with Gasteiger partial charge in [0.15, 0.2) is 0 Å². The summed E-state index contributed by atoms with van der Waals surface area (Å²) in [6.07, 6.45) is 1.53. The van der Waals surface area contributed by atoms with Gasteiger partial charge >= 0.3 is 12.0 Å². The number of amides is 2. The Morgan fingerprint density at radius 2 is 2.00 bits per heavy atom. The van der Waals surface area contributed by atoms with Crippen LogP contribution in [0.5, 0.6) is 0 Å². The predicted octanol–water partition coefficient (Wildman–Crippen LogP) is 1.78. The number of aryl methyl sites for hydroxylation is 1. The monoisotopic (exact) mass is 248 g/mol. The van der Waals surface area contributed by atoms with Crippen molar-refractivity contribution < 1.29 is 14.7 Å². The first kappa shape index (κ1) is 13.8. The van der Waals surface area contributed by atoms with Gasteiger partial charge < -0.3 is 10.4 Å². The lowest BCUT2D eigenvalue weighted by molar-refractivity contribution is -0.135. The molecular weight excluding hydrogens is 232 g/mol. The molecule has 2 N–H and O–H groups in total. The highest BCUT2D eigenvalue weighted by molar-refractivity contribution is 5.96. The highest BCUT2D eigenvalue weighted by Crippen LogP contribution is 2.15. The molecular formula is C13H16N2O3. The van der Waals surface area contributed by atoms with E-state index < -0.39 is 12.0 Å². The van der Waals surface area contributed by atoms with E-state index in [1.54, 1.807) is 12.1 Å². The minimum Gasteiger partial charge on any atom is -0.480 e. The van der Waals surface area contributed by atoms with E-state index >= 15 is 0 Å². The van der Waals surface area contributed by atoms with Gasteiger partial charge in [-0.2, -0.15) is 0 Å². The van der Waals surface area contributed by atoms with Crippen molar-refractivity contribution in [2.75, 3.05) is 18.0 Å². The molecule has 0 spiro atoms. The Hall–Kier alpha value is -2.30. The number of nitrogens with zero attached hydrogens (tertiary/aromatic N) is 1. The molecule has 0 atom stereocenters. The molecule has 1 aromatic carbocycles. The van der Waals surface area contributed by atoms with Crippen LogP contribution >= 0.6 is 0 Å². The number of hydrogen-bond donors (Lipinski definition) is 2. The molecule has 0 fully saturated rings. The summed E-state index contributed by atoms with van der Waals surface area (Å²) >= 11 is 0. The Bertz CT molecular complexity index is 440. The number of urea groups is 1. The Kier molecular flexibility index (Phi) is 4.92. The lowest BCUT2D eigenvalue weighted by Gasteiger charge is -2.21. The van der Waals surface area contributed by atoms with E-state index in [-0.39, 0.29) is 6.54 Å². The van der Waals surface area contributed by atoms with Crippen LogP contribution in [0.2, 0.25) is 0 Å². The average molecular weight is 248 g/mol. The van der Waals surface area contributed by atoms with Gasteiger partial charge in [0.25, 0.3) is 0 Å². The van der Waals surface area contributed by atoms with Gasteiger partial charge in [0.05, 0.1) is 0 Å². The lowest BCUT2D eigenvalue weighted by atomic mass is 10.2. The van der Waals surface area contributed by atoms with Crippen molar-refractivity contribution in [3.05, 3.63) is 42.5 Å². The van der Waals surface area contributed by atoms with Crippen LogP contribution in [0, 0.1) is 6.92 Å². The maximum atomic E-state index is 11.8. The van der Waals surface area contributed by atoms with E-state index in [2.05, 4.69) is 11.9 Å². The average Bonchev–Trinajstić information content (AvgIpc) is 2.34. The second-order valence-corrected chi connectivity index (χ2v) is 3.79. The first-order chi connectivity index (χ1) is 8.54. The first-order valence-corrected chi connectivity index (χ1v) is 5.49. The Balaban J connectivity index is 2.89. The fourth-order valence-electron chi connectivity index (χ4n) is 1.40. The number of anilines is 1.